The minimum atomic E-state index is -0.789. The van der Waals surface area contributed by atoms with Crippen molar-refractivity contribution >= 4 is 17.0 Å². The predicted octanol–water partition coefficient (Wildman–Crippen LogP) is 2.49. The summed E-state index contributed by atoms with van der Waals surface area (Å²) in [5, 5.41) is 21.9. The summed E-state index contributed by atoms with van der Waals surface area (Å²) < 4.78 is 30.2. The molecule has 0 aliphatic rings. The molecule has 158 valence electrons. The summed E-state index contributed by atoms with van der Waals surface area (Å²) in [6.45, 7) is -0.830. The number of aliphatic hydroxyl groups is 2. The molecule has 0 unspecified atom stereocenters. The molecule has 0 fully saturated rings. The van der Waals surface area contributed by atoms with Gasteiger partial charge in [-0.15, -0.1) is 0 Å². The molecule has 0 saturated heterocycles. The Morgan fingerprint density at radius 2 is 1.58 bits per heavy atom. The Labute approximate surface area is 175 Å². The van der Waals surface area contributed by atoms with E-state index >= 15 is 0 Å². The second kappa shape index (κ2) is 8.58. The van der Waals surface area contributed by atoms with E-state index in [1.165, 1.54) is 48.5 Å². The van der Waals surface area contributed by atoms with Gasteiger partial charge in [-0.25, -0.2) is 13.8 Å². The Morgan fingerprint density at radius 1 is 0.903 bits per heavy atom. The zero-order chi connectivity index (χ0) is 22.0. The van der Waals surface area contributed by atoms with E-state index in [-0.39, 0.29) is 28.5 Å². The van der Waals surface area contributed by atoms with E-state index in [4.69, 9.17) is 0 Å². The van der Waals surface area contributed by atoms with Crippen LogP contribution in [-0.4, -0.2) is 44.0 Å². The van der Waals surface area contributed by atoms with Crippen molar-refractivity contribution in [1.29, 1.82) is 0 Å². The summed E-state index contributed by atoms with van der Waals surface area (Å²) in [4.78, 5) is 21.4. The molecule has 4 aromatic rings. The quantitative estimate of drug-likeness (QED) is 0.440. The fourth-order valence-corrected chi connectivity index (χ4v) is 3.24. The lowest BCUT2D eigenvalue weighted by atomic mass is 10.1. The Bertz CT molecular complexity index is 1310. The molecular weight excluding hydrogens is 406 g/mol. The summed E-state index contributed by atoms with van der Waals surface area (Å²) in [7, 11) is 0. The monoisotopic (exact) mass is 424 g/mol. The lowest BCUT2D eigenvalue weighted by Gasteiger charge is -2.17. The van der Waals surface area contributed by atoms with Crippen molar-refractivity contribution in [3.63, 3.8) is 0 Å². The Hall–Kier alpha value is -3.69. The van der Waals surface area contributed by atoms with Crippen molar-refractivity contribution in [3.8, 4) is 16.9 Å². The first-order valence-electron chi connectivity index (χ1n) is 9.45. The zero-order valence-electron chi connectivity index (χ0n) is 16.2. The summed E-state index contributed by atoms with van der Waals surface area (Å²) in [6, 6.07) is 13.6. The Morgan fingerprint density at radius 3 is 2.26 bits per heavy atom. The maximum Gasteiger partial charge on any atom is 0.256 e. The fourth-order valence-electron chi connectivity index (χ4n) is 3.24. The van der Waals surface area contributed by atoms with E-state index in [1.807, 2.05) is 0 Å². The van der Waals surface area contributed by atoms with Crippen molar-refractivity contribution < 1.29 is 19.0 Å². The highest BCUT2D eigenvalue weighted by atomic mass is 19.1. The van der Waals surface area contributed by atoms with Gasteiger partial charge in [-0.1, -0.05) is 24.3 Å². The van der Waals surface area contributed by atoms with Gasteiger partial charge < -0.3 is 15.5 Å². The third-order valence-corrected chi connectivity index (χ3v) is 4.75. The fraction of sp³-hybridized carbons (Fsp3) is 0.136. The molecule has 0 amide bonds. The molecule has 2 heterocycles. The van der Waals surface area contributed by atoms with Gasteiger partial charge in [0.25, 0.3) is 5.56 Å². The van der Waals surface area contributed by atoms with E-state index in [2.05, 4.69) is 15.3 Å². The second-order valence-electron chi connectivity index (χ2n) is 6.78. The first-order chi connectivity index (χ1) is 15.0. The summed E-state index contributed by atoms with van der Waals surface area (Å²) in [5.74, 6) is -1.24. The van der Waals surface area contributed by atoms with E-state index in [9.17, 15) is 23.8 Å². The number of rotatable bonds is 6. The molecule has 7 nitrogen and oxygen atoms in total. The molecule has 0 bridgehead atoms. The first kappa shape index (κ1) is 20.6. The van der Waals surface area contributed by atoms with Crippen LogP contribution in [0.4, 0.5) is 14.7 Å². The van der Waals surface area contributed by atoms with Crippen molar-refractivity contribution in [3.05, 3.63) is 82.7 Å². The van der Waals surface area contributed by atoms with Crippen molar-refractivity contribution in [2.45, 2.75) is 6.04 Å². The molecule has 4 rings (SSSR count). The molecule has 0 aliphatic carbocycles. The zero-order valence-corrected chi connectivity index (χ0v) is 16.2. The van der Waals surface area contributed by atoms with Gasteiger partial charge in [-0.05, 0) is 30.3 Å². The third kappa shape index (κ3) is 3.88. The largest absolute Gasteiger partial charge is 0.394 e. The van der Waals surface area contributed by atoms with E-state index in [0.29, 0.717) is 5.39 Å². The van der Waals surface area contributed by atoms with Gasteiger partial charge >= 0.3 is 0 Å². The van der Waals surface area contributed by atoms with Crippen LogP contribution in [0.2, 0.25) is 0 Å². The molecule has 0 radical (unpaired) electrons. The van der Waals surface area contributed by atoms with Gasteiger partial charge in [0.15, 0.2) is 5.65 Å². The summed E-state index contributed by atoms with van der Waals surface area (Å²) in [6.07, 6.45) is 0. The number of hydrogen-bond donors (Lipinski definition) is 3. The van der Waals surface area contributed by atoms with E-state index < -0.39 is 36.4 Å². The van der Waals surface area contributed by atoms with Gasteiger partial charge in [0, 0.05) is 17.0 Å². The number of fused-ring (bicyclic) bond motifs is 1. The minimum Gasteiger partial charge on any atom is -0.394 e. The molecule has 0 saturated carbocycles. The predicted molar refractivity (Wildman–Crippen MR) is 112 cm³/mol. The van der Waals surface area contributed by atoms with Crippen LogP contribution in [-0.2, 0) is 0 Å². The number of aromatic nitrogens is 3. The van der Waals surface area contributed by atoms with Crippen LogP contribution in [0.5, 0.6) is 0 Å². The van der Waals surface area contributed by atoms with Crippen molar-refractivity contribution in [2.75, 3.05) is 18.5 Å². The number of hydrogen-bond acceptors (Lipinski definition) is 6. The average molecular weight is 424 g/mol. The van der Waals surface area contributed by atoms with Crippen molar-refractivity contribution in [2.24, 2.45) is 0 Å². The van der Waals surface area contributed by atoms with Crippen LogP contribution in [0, 0.1) is 11.6 Å². The van der Waals surface area contributed by atoms with Gasteiger partial charge in [0.1, 0.15) is 11.6 Å². The number of pyridine rings is 1. The van der Waals surface area contributed by atoms with E-state index in [0.717, 1.165) is 4.57 Å². The SMILES string of the molecule is O=c1ccc2c(-c3ccccc3F)nc(NC(CO)CO)nc2n1-c1ccccc1F. The highest BCUT2D eigenvalue weighted by Crippen LogP contribution is 2.30. The number of anilines is 1. The topological polar surface area (TPSA) is 100 Å². The highest BCUT2D eigenvalue weighted by molar-refractivity contribution is 5.92. The number of aliphatic hydroxyl groups excluding tert-OH is 2. The standard InChI is InChI=1S/C22H18F2N4O3/c23-16-6-2-1-5-14(16)20-15-9-10-19(31)28(18-8-4-3-7-17(18)24)21(15)27-22(26-20)25-13(11-29)12-30/h1-10,13,29-30H,11-12H2,(H,25,26,27). The lowest BCUT2D eigenvalue weighted by molar-refractivity contribution is 0.203. The number of nitrogens with zero attached hydrogens (tertiary/aromatic N) is 3. The molecule has 31 heavy (non-hydrogen) atoms. The van der Waals surface area contributed by atoms with Crippen LogP contribution in [0.1, 0.15) is 0 Å². The average Bonchev–Trinajstić information content (AvgIpc) is 2.78. The lowest BCUT2D eigenvalue weighted by Crippen LogP contribution is -2.29. The van der Waals surface area contributed by atoms with Gasteiger partial charge in [0.05, 0.1) is 30.6 Å². The third-order valence-electron chi connectivity index (χ3n) is 4.75. The van der Waals surface area contributed by atoms with Crippen LogP contribution < -0.4 is 10.9 Å². The van der Waals surface area contributed by atoms with E-state index in [1.54, 1.807) is 12.1 Å². The normalized spacial score (nSPS) is 11.3. The number of nitrogens with one attached hydrogen (secondary N) is 1. The molecule has 0 aliphatic heterocycles. The summed E-state index contributed by atoms with van der Waals surface area (Å²) >= 11 is 0. The van der Waals surface area contributed by atoms with Crippen LogP contribution in [0.15, 0.2) is 65.5 Å². The first-order valence-corrected chi connectivity index (χ1v) is 9.45. The maximum absolute atomic E-state index is 14.6. The number of benzene rings is 2. The van der Waals surface area contributed by atoms with Gasteiger partial charge in [-0.3, -0.25) is 9.36 Å². The number of halogens is 2. The van der Waals surface area contributed by atoms with Crippen LogP contribution in [0.3, 0.4) is 0 Å². The molecule has 2 aromatic carbocycles. The summed E-state index contributed by atoms with van der Waals surface area (Å²) in [5.41, 5.74) is -0.194. The highest BCUT2D eigenvalue weighted by Gasteiger charge is 2.19. The van der Waals surface area contributed by atoms with Gasteiger partial charge in [-0.2, -0.15) is 4.98 Å². The van der Waals surface area contributed by atoms with Crippen LogP contribution in [0.25, 0.3) is 28.0 Å². The molecule has 0 atom stereocenters. The van der Waals surface area contributed by atoms with Crippen LogP contribution >= 0.6 is 0 Å². The minimum absolute atomic E-state index is 0.0249. The smallest absolute Gasteiger partial charge is 0.256 e. The molecule has 9 heteroatoms. The Balaban J connectivity index is 2.08. The second-order valence-corrected chi connectivity index (χ2v) is 6.78. The van der Waals surface area contributed by atoms with Gasteiger partial charge in [0.2, 0.25) is 5.95 Å². The molecule has 3 N–H and O–H groups in total. The molecule has 2 aromatic heterocycles. The number of para-hydroxylation sites is 1. The Kier molecular flexibility index (Phi) is 5.70. The molecule has 0 spiro atoms. The van der Waals surface area contributed by atoms with Crippen molar-refractivity contribution in [1.82, 2.24) is 14.5 Å². The maximum atomic E-state index is 14.6. The molecular formula is C22H18F2N4O3.